The molecule has 0 saturated carbocycles. The van der Waals surface area contributed by atoms with Crippen LogP contribution in [0.4, 0.5) is 0 Å². The molecule has 0 atom stereocenters. The summed E-state index contributed by atoms with van der Waals surface area (Å²) in [7, 11) is 2.88. The third-order valence-electron chi connectivity index (χ3n) is 4.56. The Balaban J connectivity index is 2.30. The Hall–Kier alpha value is -2.60. The summed E-state index contributed by atoms with van der Waals surface area (Å²) in [5, 5.41) is 0.535. The minimum Gasteiger partial charge on any atom is -0.464 e. The highest BCUT2D eigenvalue weighted by molar-refractivity contribution is 6.30. The number of carbonyl (C=O) groups excluding carboxylic acids is 3. The molecule has 0 N–H and O–H groups in total. The number of methoxy groups -OCH3 is 1. The van der Waals surface area contributed by atoms with Crippen molar-refractivity contribution in [2.24, 2.45) is 0 Å². The number of benzene rings is 1. The van der Waals surface area contributed by atoms with Crippen LogP contribution < -0.4 is 0 Å². The molecule has 0 radical (unpaired) electrons. The molecule has 0 spiro atoms. The number of hydrogen-bond acceptors (Lipinski definition) is 4. The van der Waals surface area contributed by atoms with Crippen molar-refractivity contribution in [3.8, 4) is 0 Å². The van der Waals surface area contributed by atoms with Crippen molar-refractivity contribution in [3.05, 3.63) is 57.4 Å². The van der Waals surface area contributed by atoms with Gasteiger partial charge in [0.15, 0.2) is 5.78 Å². The Morgan fingerprint density at radius 1 is 1.15 bits per heavy atom. The fraction of sp³-hybridized carbons (Fsp3) is 0.350. The van der Waals surface area contributed by atoms with Crippen LogP contribution in [0.15, 0.2) is 24.3 Å². The summed E-state index contributed by atoms with van der Waals surface area (Å²) in [6.07, 6.45) is 0. The molecule has 1 heterocycles. The average Bonchev–Trinajstić information content (AvgIpc) is 2.90. The van der Waals surface area contributed by atoms with E-state index in [2.05, 4.69) is 0 Å². The van der Waals surface area contributed by atoms with E-state index in [1.54, 1.807) is 49.7 Å². The van der Waals surface area contributed by atoms with Crippen LogP contribution in [0.25, 0.3) is 0 Å². The van der Waals surface area contributed by atoms with Gasteiger partial charge in [0.05, 0.1) is 13.7 Å². The van der Waals surface area contributed by atoms with E-state index in [9.17, 15) is 14.4 Å². The number of amides is 1. The molecule has 2 rings (SSSR count). The number of esters is 1. The van der Waals surface area contributed by atoms with Crippen LogP contribution in [0.1, 0.15) is 49.4 Å². The highest BCUT2D eigenvalue weighted by Crippen LogP contribution is 2.24. The van der Waals surface area contributed by atoms with E-state index in [4.69, 9.17) is 16.3 Å². The highest BCUT2D eigenvalue weighted by atomic mass is 35.5. The second-order valence-electron chi connectivity index (χ2n) is 6.26. The van der Waals surface area contributed by atoms with Crippen molar-refractivity contribution in [3.63, 3.8) is 0 Å². The molecule has 0 saturated heterocycles. The van der Waals surface area contributed by atoms with Gasteiger partial charge in [-0.2, -0.15) is 0 Å². The summed E-state index contributed by atoms with van der Waals surface area (Å²) in [5.41, 5.74) is 2.52. The van der Waals surface area contributed by atoms with Crippen LogP contribution in [0.3, 0.4) is 0 Å². The van der Waals surface area contributed by atoms with Crippen molar-refractivity contribution in [1.82, 2.24) is 9.47 Å². The lowest BCUT2D eigenvalue weighted by molar-refractivity contribution is 0.0587. The van der Waals surface area contributed by atoms with E-state index >= 15 is 0 Å². The van der Waals surface area contributed by atoms with E-state index in [1.165, 1.54) is 12.0 Å². The zero-order valence-corrected chi connectivity index (χ0v) is 16.9. The Bertz CT molecular complexity index is 884. The minimum absolute atomic E-state index is 0.0997. The smallest absolute Gasteiger partial charge is 0.354 e. The van der Waals surface area contributed by atoms with Crippen molar-refractivity contribution < 1.29 is 19.1 Å². The van der Waals surface area contributed by atoms with Gasteiger partial charge in [-0.1, -0.05) is 11.6 Å². The maximum Gasteiger partial charge on any atom is 0.354 e. The molecule has 0 aliphatic rings. The normalized spacial score (nSPS) is 10.6. The molecule has 0 bridgehead atoms. The summed E-state index contributed by atoms with van der Waals surface area (Å²) < 4.78 is 6.61. The molecule has 0 fully saturated rings. The number of nitrogens with zero attached hydrogens (tertiary/aromatic N) is 2. The predicted molar refractivity (Wildman–Crippen MR) is 104 cm³/mol. The van der Waals surface area contributed by atoms with E-state index in [0.29, 0.717) is 39.6 Å². The van der Waals surface area contributed by atoms with Crippen LogP contribution >= 0.6 is 11.6 Å². The molecule has 1 aromatic carbocycles. The summed E-state index contributed by atoms with van der Waals surface area (Å²) in [5.74, 6) is -0.993. The van der Waals surface area contributed by atoms with Gasteiger partial charge >= 0.3 is 5.97 Å². The van der Waals surface area contributed by atoms with Gasteiger partial charge in [0.1, 0.15) is 5.69 Å². The van der Waals surface area contributed by atoms with E-state index in [-0.39, 0.29) is 18.2 Å². The van der Waals surface area contributed by atoms with E-state index in [1.807, 2.05) is 6.92 Å². The number of ether oxygens (including phenoxy) is 1. The number of likely N-dealkylation sites (N-methyl/N-ethyl adjacent to an activating group) is 1. The van der Waals surface area contributed by atoms with Crippen LogP contribution in [0.5, 0.6) is 0 Å². The summed E-state index contributed by atoms with van der Waals surface area (Å²) in [6.45, 7) is 5.83. The van der Waals surface area contributed by atoms with Gasteiger partial charge in [0, 0.05) is 35.4 Å². The second-order valence-corrected chi connectivity index (χ2v) is 6.70. The Labute approximate surface area is 163 Å². The zero-order valence-electron chi connectivity index (χ0n) is 16.1. The van der Waals surface area contributed by atoms with Crippen LogP contribution in [0.2, 0.25) is 5.02 Å². The lowest BCUT2D eigenvalue weighted by atomic mass is 10.0. The number of hydrogen-bond donors (Lipinski definition) is 0. The Morgan fingerprint density at radius 3 is 2.26 bits per heavy atom. The Morgan fingerprint density at radius 2 is 1.74 bits per heavy atom. The average molecular weight is 391 g/mol. The maximum atomic E-state index is 12.9. The molecular formula is C20H23ClN2O4. The monoisotopic (exact) mass is 390 g/mol. The Kier molecular flexibility index (Phi) is 6.44. The van der Waals surface area contributed by atoms with Gasteiger partial charge in [-0.15, -0.1) is 0 Å². The summed E-state index contributed by atoms with van der Waals surface area (Å²) in [4.78, 5) is 38.9. The number of Topliss-reactive ketones (excluding diaryl/α,β-unsaturated/α-hetero) is 1. The number of rotatable bonds is 6. The van der Waals surface area contributed by atoms with Crippen LogP contribution in [0, 0.1) is 13.8 Å². The predicted octanol–water partition coefficient (Wildman–Crippen LogP) is 3.52. The van der Waals surface area contributed by atoms with Crippen LogP contribution in [-0.2, 0) is 11.3 Å². The molecule has 144 valence electrons. The molecule has 1 amide bonds. The third kappa shape index (κ3) is 4.06. The zero-order chi connectivity index (χ0) is 20.3. The van der Waals surface area contributed by atoms with Gasteiger partial charge < -0.3 is 14.2 Å². The molecule has 2 aromatic rings. The van der Waals surface area contributed by atoms with Crippen molar-refractivity contribution in [2.45, 2.75) is 27.3 Å². The van der Waals surface area contributed by atoms with Gasteiger partial charge in [-0.05, 0) is 50.6 Å². The number of halogens is 1. The van der Waals surface area contributed by atoms with Gasteiger partial charge in [0.2, 0.25) is 0 Å². The van der Waals surface area contributed by atoms with Crippen LogP contribution in [-0.4, -0.2) is 47.8 Å². The molecule has 1 aromatic heterocycles. The van der Waals surface area contributed by atoms with Gasteiger partial charge in [0.25, 0.3) is 5.91 Å². The number of aromatic nitrogens is 1. The first kappa shape index (κ1) is 20.7. The second kappa shape index (κ2) is 8.39. The first-order chi connectivity index (χ1) is 12.7. The SMILES string of the molecule is CCn1c(C)c(C(=O)CN(C)C(=O)c2ccc(Cl)cc2)c(C)c1C(=O)OC. The fourth-order valence-electron chi connectivity index (χ4n) is 3.24. The lowest BCUT2D eigenvalue weighted by Gasteiger charge is -2.17. The molecule has 6 nitrogen and oxygen atoms in total. The number of ketones is 1. The molecule has 27 heavy (non-hydrogen) atoms. The highest BCUT2D eigenvalue weighted by Gasteiger charge is 2.27. The topological polar surface area (TPSA) is 68.6 Å². The molecule has 0 unspecified atom stereocenters. The first-order valence-electron chi connectivity index (χ1n) is 8.55. The quantitative estimate of drug-likeness (QED) is 0.559. The maximum absolute atomic E-state index is 12.9. The number of carbonyl (C=O) groups is 3. The minimum atomic E-state index is -0.484. The molecular weight excluding hydrogens is 368 g/mol. The lowest BCUT2D eigenvalue weighted by Crippen LogP contribution is -2.32. The molecule has 0 aliphatic heterocycles. The largest absolute Gasteiger partial charge is 0.464 e. The third-order valence-corrected chi connectivity index (χ3v) is 4.81. The fourth-order valence-corrected chi connectivity index (χ4v) is 3.37. The van der Waals surface area contributed by atoms with Crippen molar-refractivity contribution in [2.75, 3.05) is 20.7 Å². The molecule has 7 heteroatoms. The van der Waals surface area contributed by atoms with E-state index < -0.39 is 5.97 Å². The van der Waals surface area contributed by atoms with Gasteiger partial charge in [-0.3, -0.25) is 9.59 Å². The van der Waals surface area contributed by atoms with E-state index in [0.717, 1.165) is 0 Å². The van der Waals surface area contributed by atoms with Gasteiger partial charge in [-0.25, -0.2) is 4.79 Å². The summed E-state index contributed by atoms with van der Waals surface area (Å²) in [6, 6.07) is 6.49. The summed E-state index contributed by atoms with van der Waals surface area (Å²) >= 11 is 5.84. The molecule has 0 aliphatic carbocycles. The van der Waals surface area contributed by atoms with Crippen molar-refractivity contribution in [1.29, 1.82) is 0 Å². The standard InChI is InChI=1S/C20H23ClN2O4/c1-6-23-13(3)17(12(2)18(23)20(26)27-5)16(24)11-22(4)19(25)14-7-9-15(21)10-8-14/h7-10H,6,11H2,1-5H3. The van der Waals surface area contributed by atoms with Crippen molar-refractivity contribution >= 4 is 29.3 Å². The first-order valence-corrected chi connectivity index (χ1v) is 8.92.